The maximum absolute atomic E-state index is 11.9. The van der Waals surface area contributed by atoms with Gasteiger partial charge in [-0.2, -0.15) is 0 Å². The first-order chi connectivity index (χ1) is 9.45. The number of carbonyl (C=O) groups is 1. The molecule has 0 aromatic carbocycles. The van der Waals surface area contributed by atoms with Crippen molar-refractivity contribution in [2.24, 2.45) is 5.92 Å². The summed E-state index contributed by atoms with van der Waals surface area (Å²) in [7, 11) is 4.06. The molecule has 1 rings (SSSR count). The molecule has 1 atom stereocenters. The maximum Gasteiger partial charge on any atom is 0.341 e. The largest absolute Gasteiger partial charge is 0.462 e. The van der Waals surface area contributed by atoms with Gasteiger partial charge in [0.05, 0.1) is 6.61 Å². The number of pyridine rings is 1. The van der Waals surface area contributed by atoms with Crippen molar-refractivity contribution in [2.75, 3.05) is 32.6 Å². The third-order valence-electron chi connectivity index (χ3n) is 2.99. The lowest BCUT2D eigenvalue weighted by atomic mass is 10.0. The Hall–Kier alpha value is -1.62. The number of carbonyl (C=O) groups excluding carboxylic acids is 1. The number of hydrogen-bond acceptors (Lipinski definition) is 5. The highest BCUT2D eigenvalue weighted by Crippen LogP contribution is 2.17. The van der Waals surface area contributed by atoms with Gasteiger partial charge in [-0.25, -0.2) is 9.78 Å². The van der Waals surface area contributed by atoms with Crippen LogP contribution in [-0.2, 0) is 4.74 Å². The molecular formula is C15H25N3O2. The summed E-state index contributed by atoms with van der Waals surface area (Å²) >= 11 is 0. The second-order valence-electron chi connectivity index (χ2n) is 5.38. The van der Waals surface area contributed by atoms with Crippen LogP contribution >= 0.6 is 0 Å². The topological polar surface area (TPSA) is 54.5 Å². The van der Waals surface area contributed by atoms with E-state index in [1.54, 1.807) is 25.3 Å². The minimum absolute atomic E-state index is 0.216. The van der Waals surface area contributed by atoms with E-state index < -0.39 is 0 Å². The Morgan fingerprint density at radius 3 is 2.70 bits per heavy atom. The highest BCUT2D eigenvalue weighted by Gasteiger charge is 2.19. The van der Waals surface area contributed by atoms with Crippen molar-refractivity contribution in [2.45, 2.75) is 26.8 Å². The van der Waals surface area contributed by atoms with Crippen molar-refractivity contribution in [3.63, 3.8) is 0 Å². The van der Waals surface area contributed by atoms with Crippen molar-refractivity contribution < 1.29 is 9.53 Å². The molecule has 0 aliphatic heterocycles. The number of aromatic nitrogens is 1. The molecule has 0 aliphatic rings. The van der Waals surface area contributed by atoms with Crippen molar-refractivity contribution in [1.82, 2.24) is 9.88 Å². The average molecular weight is 279 g/mol. The molecule has 1 unspecified atom stereocenters. The molecular weight excluding hydrogens is 254 g/mol. The van der Waals surface area contributed by atoms with Gasteiger partial charge in [-0.05, 0) is 39.1 Å². The van der Waals surface area contributed by atoms with Gasteiger partial charge in [0, 0.05) is 18.8 Å². The van der Waals surface area contributed by atoms with Crippen LogP contribution < -0.4 is 5.32 Å². The van der Waals surface area contributed by atoms with Crippen molar-refractivity contribution in [3.8, 4) is 0 Å². The van der Waals surface area contributed by atoms with Crippen LogP contribution in [0, 0.1) is 5.92 Å². The predicted octanol–water partition coefficient (Wildman–Crippen LogP) is 2.26. The highest BCUT2D eigenvalue weighted by molar-refractivity contribution is 5.94. The van der Waals surface area contributed by atoms with E-state index in [-0.39, 0.29) is 12.0 Å². The van der Waals surface area contributed by atoms with Gasteiger partial charge in [-0.3, -0.25) is 0 Å². The van der Waals surface area contributed by atoms with Crippen LogP contribution in [0.5, 0.6) is 0 Å². The van der Waals surface area contributed by atoms with Gasteiger partial charge in [-0.15, -0.1) is 0 Å². The molecule has 0 bridgehead atoms. The van der Waals surface area contributed by atoms with Gasteiger partial charge in [0.1, 0.15) is 11.4 Å². The average Bonchev–Trinajstić information content (AvgIpc) is 2.38. The fourth-order valence-corrected chi connectivity index (χ4v) is 1.89. The van der Waals surface area contributed by atoms with E-state index in [1.165, 1.54) is 0 Å². The Labute approximate surface area is 121 Å². The van der Waals surface area contributed by atoms with Gasteiger partial charge in [0.15, 0.2) is 0 Å². The lowest BCUT2D eigenvalue weighted by Crippen LogP contribution is -2.37. The zero-order valence-corrected chi connectivity index (χ0v) is 13.0. The van der Waals surface area contributed by atoms with Crippen LogP contribution in [0.2, 0.25) is 0 Å². The van der Waals surface area contributed by atoms with Gasteiger partial charge in [-0.1, -0.05) is 13.8 Å². The second-order valence-corrected chi connectivity index (χ2v) is 5.38. The Morgan fingerprint density at radius 2 is 2.15 bits per heavy atom. The zero-order chi connectivity index (χ0) is 15.1. The standard InChI is InChI=1S/C15H25N3O2/c1-6-20-15(19)12-8-7-9-16-14(12)17-13(11(2)3)10-18(4)5/h7-9,11,13H,6,10H2,1-5H3,(H,16,17). The SMILES string of the molecule is CCOC(=O)c1cccnc1NC(CN(C)C)C(C)C. The van der Waals surface area contributed by atoms with Crippen LogP contribution in [0.1, 0.15) is 31.1 Å². The Balaban J connectivity index is 2.92. The van der Waals surface area contributed by atoms with Crippen LogP contribution in [-0.4, -0.2) is 49.1 Å². The summed E-state index contributed by atoms with van der Waals surface area (Å²) in [5, 5.41) is 3.36. The predicted molar refractivity (Wildman–Crippen MR) is 81.0 cm³/mol. The summed E-state index contributed by atoms with van der Waals surface area (Å²) in [6.45, 7) is 7.32. The molecule has 112 valence electrons. The number of nitrogens with one attached hydrogen (secondary N) is 1. The van der Waals surface area contributed by atoms with E-state index in [0.717, 1.165) is 6.54 Å². The molecule has 1 aromatic heterocycles. The molecule has 0 fully saturated rings. The molecule has 0 saturated carbocycles. The summed E-state index contributed by atoms with van der Waals surface area (Å²) in [6, 6.07) is 3.70. The third kappa shape index (κ3) is 4.81. The minimum atomic E-state index is -0.338. The Kier molecular flexibility index (Phi) is 6.45. The highest BCUT2D eigenvalue weighted by atomic mass is 16.5. The first-order valence-electron chi connectivity index (χ1n) is 6.99. The van der Waals surface area contributed by atoms with Crippen LogP contribution in [0.25, 0.3) is 0 Å². The van der Waals surface area contributed by atoms with Gasteiger partial charge in [0.25, 0.3) is 0 Å². The third-order valence-corrected chi connectivity index (χ3v) is 2.99. The first-order valence-corrected chi connectivity index (χ1v) is 6.99. The maximum atomic E-state index is 11.9. The molecule has 0 saturated heterocycles. The lowest BCUT2D eigenvalue weighted by Gasteiger charge is -2.26. The van der Waals surface area contributed by atoms with E-state index in [1.807, 2.05) is 14.1 Å². The lowest BCUT2D eigenvalue weighted by molar-refractivity contribution is 0.0527. The molecule has 1 N–H and O–H groups in total. The minimum Gasteiger partial charge on any atom is -0.462 e. The van der Waals surface area contributed by atoms with E-state index in [2.05, 4.69) is 29.0 Å². The molecule has 5 nitrogen and oxygen atoms in total. The number of nitrogens with zero attached hydrogens (tertiary/aromatic N) is 2. The van der Waals surface area contributed by atoms with Gasteiger partial charge in [0.2, 0.25) is 0 Å². The number of rotatable bonds is 7. The van der Waals surface area contributed by atoms with E-state index >= 15 is 0 Å². The molecule has 0 radical (unpaired) electrons. The molecule has 5 heteroatoms. The van der Waals surface area contributed by atoms with Gasteiger partial charge >= 0.3 is 5.97 Å². The summed E-state index contributed by atoms with van der Waals surface area (Å²) in [5.74, 6) is 0.677. The smallest absolute Gasteiger partial charge is 0.341 e. The number of anilines is 1. The number of ether oxygens (including phenoxy) is 1. The Bertz CT molecular complexity index is 433. The zero-order valence-electron chi connectivity index (χ0n) is 13.0. The number of likely N-dealkylation sites (N-methyl/N-ethyl adjacent to an activating group) is 1. The van der Waals surface area contributed by atoms with Crippen LogP contribution in [0.4, 0.5) is 5.82 Å². The second kappa shape index (κ2) is 7.85. The van der Waals surface area contributed by atoms with Gasteiger partial charge < -0.3 is 15.0 Å². The van der Waals surface area contributed by atoms with E-state index in [0.29, 0.717) is 23.9 Å². The van der Waals surface area contributed by atoms with Crippen LogP contribution in [0.15, 0.2) is 18.3 Å². The quantitative estimate of drug-likeness (QED) is 0.776. The van der Waals surface area contributed by atoms with E-state index in [4.69, 9.17) is 4.74 Å². The first kappa shape index (κ1) is 16.4. The number of hydrogen-bond donors (Lipinski definition) is 1. The molecule has 20 heavy (non-hydrogen) atoms. The summed E-state index contributed by atoms with van der Waals surface area (Å²) < 4.78 is 5.06. The molecule has 0 aliphatic carbocycles. The van der Waals surface area contributed by atoms with Crippen molar-refractivity contribution >= 4 is 11.8 Å². The fraction of sp³-hybridized carbons (Fsp3) is 0.600. The Morgan fingerprint density at radius 1 is 1.45 bits per heavy atom. The normalized spacial score (nSPS) is 12.6. The van der Waals surface area contributed by atoms with Crippen molar-refractivity contribution in [1.29, 1.82) is 0 Å². The summed E-state index contributed by atoms with van der Waals surface area (Å²) in [4.78, 5) is 18.3. The van der Waals surface area contributed by atoms with Crippen molar-refractivity contribution in [3.05, 3.63) is 23.9 Å². The summed E-state index contributed by atoms with van der Waals surface area (Å²) in [5.41, 5.74) is 0.485. The summed E-state index contributed by atoms with van der Waals surface area (Å²) in [6.07, 6.45) is 1.68. The monoisotopic (exact) mass is 279 g/mol. The van der Waals surface area contributed by atoms with Crippen LogP contribution in [0.3, 0.4) is 0 Å². The fourth-order valence-electron chi connectivity index (χ4n) is 1.89. The molecule has 1 heterocycles. The molecule has 0 amide bonds. The molecule has 1 aromatic rings. The molecule has 0 spiro atoms. The van der Waals surface area contributed by atoms with E-state index in [9.17, 15) is 4.79 Å². The number of esters is 1.